The van der Waals surface area contributed by atoms with E-state index in [1.54, 1.807) is 6.92 Å². The second-order valence-corrected chi connectivity index (χ2v) is 6.51. The Bertz CT molecular complexity index is 883. The maximum atomic E-state index is 9.80. The number of rotatable bonds is 4. The van der Waals surface area contributed by atoms with E-state index in [0.717, 1.165) is 42.2 Å². The molecule has 1 aliphatic rings. The zero-order chi connectivity index (χ0) is 17.4. The summed E-state index contributed by atoms with van der Waals surface area (Å²) in [6.45, 7) is 4.73. The summed E-state index contributed by atoms with van der Waals surface area (Å²) in [4.78, 5) is 7.05. The number of benzene rings is 1. The van der Waals surface area contributed by atoms with Crippen LogP contribution in [0.5, 0.6) is 0 Å². The molecule has 0 bridgehead atoms. The molecule has 1 aliphatic heterocycles. The third-order valence-corrected chi connectivity index (χ3v) is 4.70. The lowest BCUT2D eigenvalue weighted by molar-refractivity contribution is 0.193. The molecule has 7 nitrogen and oxygen atoms in total. The molecule has 0 aliphatic carbocycles. The quantitative estimate of drug-likeness (QED) is 0.755. The van der Waals surface area contributed by atoms with Gasteiger partial charge in [-0.05, 0) is 31.5 Å². The fraction of sp³-hybridized carbons (Fsp3) is 0.444. The van der Waals surface area contributed by atoms with Crippen molar-refractivity contribution in [3.05, 3.63) is 41.7 Å². The highest BCUT2D eigenvalue weighted by molar-refractivity contribution is 5.78. The summed E-state index contributed by atoms with van der Waals surface area (Å²) in [5.74, 6) is 0.878. The van der Waals surface area contributed by atoms with Crippen LogP contribution in [0.15, 0.2) is 30.3 Å². The molecule has 0 fully saturated rings. The van der Waals surface area contributed by atoms with Gasteiger partial charge in [-0.15, -0.1) is 0 Å². The number of aliphatic hydroxyl groups is 2. The van der Waals surface area contributed by atoms with Gasteiger partial charge in [-0.25, -0.2) is 4.98 Å². The van der Waals surface area contributed by atoms with Crippen LogP contribution in [0.25, 0.3) is 11.0 Å². The highest BCUT2D eigenvalue weighted by Crippen LogP contribution is 2.26. The number of hydrogen-bond donors (Lipinski definition) is 2. The molecule has 0 saturated carbocycles. The second-order valence-electron chi connectivity index (χ2n) is 6.51. The number of fused-ring (bicyclic) bond motifs is 2. The first-order valence-electron chi connectivity index (χ1n) is 8.73. The molecule has 1 atom stereocenters. The molecule has 3 heterocycles. The van der Waals surface area contributed by atoms with Crippen LogP contribution in [-0.2, 0) is 19.6 Å². The largest absolute Gasteiger partial charge is 0.395 e. The number of para-hydroxylation sites is 2. The van der Waals surface area contributed by atoms with Crippen molar-refractivity contribution in [1.29, 1.82) is 0 Å². The normalized spacial score (nSPS) is 16.0. The molecule has 3 aromatic rings. The Morgan fingerprint density at radius 2 is 2.08 bits per heavy atom. The van der Waals surface area contributed by atoms with Crippen molar-refractivity contribution in [2.24, 2.45) is 0 Å². The standard InChI is InChI=1S/C18H23N5O2/c1-13(25)16-11-14-12-21(7-4-8-23(14)20-16)18-19-15-5-2-3-6-17(15)22(18)9-10-24/h2-3,5-6,11,13,24-25H,4,7-10,12H2,1H3/t13-/m1/s1. The first-order valence-corrected chi connectivity index (χ1v) is 8.73. The van der Waals surface area contributed by atoms with Gasteiger partial charge < -0.3 is 19.7 Å². The smallest absolute Gasteiger partial charge is 0.206 e. The Labute approximate surface area is 146 Å². The van der Waals surface area contributed by atoms with Crippen molar-refractivity contribution >= 4 is 17.0 Å². The molecule has 7 heteroatoms. The molecule has 0 amide bonds. The first-order chi connectivity index (χ1) is 12.2. The van der Waals surface area contributed by atoms with Gasteiger partial charge in [0.15, 0.2) is 0 Å². The molecule has 0 saturated heterocycles. The van der Waals surface area contributed by atoms with Gasteiger partial charge in [0.25, 0.3) is 0 Å². The fourth-order valence-corrected chi connectivity index (χ4v) is 3.48. The Morgan fingerprint density at radius 1 is 1.24 bits per heavy atom. The number of nitrogens with zero attached hydrogens (tertiary/aromatic N) is 5. The van der Waals surface area contributed by atoms with Crippen LogP contribution in [-0.4, -0.2) is 42.7 Å². The van der Waals surface area contributed by atoms with Gasteiger partial charge in [-0.1, -0.05) is 12.1 Å². The second kappa shape index (κ2) is 6.50. The van der Waals surface area contributed by atoms with Gasteiger partial charge in [0.2, 0.25) is 5.95 Å². The summed E-state index contributed by atoms with van der Waals surface area (Å²) in [6.07, 6.45) is 0.392. The van der Waals surface area contributed by atoms with Crippen molar-refractivity contribution in [2.75, 3.05) is 18.1 Å². The van der Waals surface area contributed by atoms with Gasteiger partial charge >= 0.3 is 0 Å². The Kier molecular flexibility index (Phi) is 4.19. The van der Waals surface area contributed by atoms with Crippen LogP contribution in [0.1, 0.15) is 30.8 Å². The van der Waals surface area contributed by atoms with Crippen molar-refractivity contribution in [3.63, 3.8) is 0 Å². The van der Waals surface area contributed by atoms with Gasteiger partial charge in [-0.2, -0.15) is 5.10 Å². The van der Waals surface area contributed by atoms with E-state index < -0.39 is 6.10 Å². The third-order valence-electron chi connectivity index (χ3n) is 4.70. The summed E-state index contributed by atoms with van der Waals surface area (Å²) in [5.41, 5.74) is 3.76. The van der Waals surface area contributed by atoms with Crippen LogP contribution in [0.4, 0.5) is 5.95 Å². The maximum Gasteiger partial charge on any atom is 0.206 e. The summed E-state index contributed by atoms with van der Waals surface area (Å²) < 4.78 is 4.07. The number of aromatic nitrogens is 4. The van der Waals surface area contributed by atoms with Crippen LogP contribution in [0, 0.1) is 0 Å². The molecule has 132 valence electrons. The number of imidazole rings is 1. The predicted octanol–water partition coefficient (Wildman–Crippen LogP) is 1.69. The SMILES string of the molecule is C[C@@H](O)c1cc2n(n1)CCCN(c1nc3ccccc3n1CCO)C2. The van der Waals surface area contributed by atoms with E-state index in [2.05, 4.69) is 14.6 Å². The predicted molar refractivity (Wildman–Crippen MR) is 95.3 cm³/mol. The number of hydrogen-bond acceptors (Lipinski definition) is 5. The zero-order valence-corrected chi connectivity index (χ0v) is 14.3. The number of aryl methyl sites for hydroxylation is 1. The average Bonchev–Trinajstić information content (AvgIpc) is 3.11. The van der Waals surface area contributed by atoms with Crippen molar-refractivity contribution in [1.82, 2.24) is 19.3 Å². The van der Waals surface area contributed by atoms with Crippen LogP contribution in [0.2, 0.25) is 0 Å². The van der Waals surface area contributed by atoms with E-state index in [1.165, 1.54) is 0 Å². The fourth-order valence-electron chi connectivity index (χ4n) is 3.48. The number of aliphatic hydroxyl groups excluding tert-OH is 2. The van der Waals surface area contributed by atoms with Gasteiger partial charge in [0.05, 0.1) is 41.7 Å². The van der Waals surface area contributed by atoms with Crippen LogP contribution < -0.4 is 4.90 Å². The summed E-state index contributed by atoms with van der Waals surface area (Å²) >= 11 is 0. The molecule has 0 radical (unpaired) electrons. The van der Waals surface area contributed by atoms with E-state index in [1.807, 2.05) is 35.0 Å². The van der Waals surface area contributed by atoms with Crippen molar-refractivity contribution in [2.45, 2.75) is 39.1 Å². The van der Waals surface area contributed by atoms with Crippen LogP contribution in [0.3, 0.4) is 0 Å². The topological polar surface area (TPSA) is 79.3 Å². The Balaban J connectivity index is 1.73. The average molecular weight is 341 g/mol. The third kappa shape index (κ3) is 2.89. The van der Waals surface area contributed by atoms with Gasteiger partial charge in [-0.3, -0.25) is 4.68 Å². The van der Waals surface area contributed by atoms with Crippen molar-refractivity contribution < 1.29 is 10.2 Å². The first kappa shape index (κ1) is 16.1. The van der Waals surface area contributed by atoms with Gasteiger partial charge in [0, 0.05) is 19.6 Å². The maximum absolute atomic E-state index is 9.80. The minimum atomic E-state index is -0.563. The minimum Gasteiger partial charge on any atom is -0.395 e. The molecule has 25 heavy (non-hydrogen) atoms. The lowest BCUT2D eigenvalue weighted by Crippen LogP contribution is -2.26. The Hall–Kier alpha value is -2.38. The van der Waals surface area contributed by atoms with E-state index in [9.17, 15) is 10.2 Å². The molecular formula is C18H23N5O2. The van der Waals surface area contributed by atoms with Gasteiger partial charge in [0.1, 0.15) is 0 Å². The monoisotopic (exact) mass is 341 g/mol. The molecule has 0 unspecified atom stereocenters. The van der Waals surface area contributed by atoms with E-state index in [0.29, 0.717) is 18.8 Å². The highest BCUT2D eigenvalue weighted by Gasteiger charge is 2.22. The number of anilines is 1. The molecule has 4 rings (SSSR count). The summed E-state index contributed by atoms with van der Waals surface area (Å²) in [7, 11) is 0. The van der Waals surface area contributed by atoms with Crippen LogP contribution >= 0.6 is 0 Å². The summed E-state index contributed by atoms with van der Waals surface area (Å²) in [5, 5.41) is 23.8. The lowest BCUT2D eigenvalue weighted by atomic mass is 10.2. The molecule has 2 N–H and O–H groups in total. The molecule has 1 aromatic carbocycles. The molecule has 0 spiro atoms. The Morgan fingerprint density at radius 3 is 2.88 bits per heavy atom. The highest BCUT2D eigenvalue weighted by atomic mass is 16.3. The summed E-state index contributed by atoms with van der Waals surface area (Å²) in [6, 6.07) is 9.99. The lowest BCUT2D eigenvalue weighted by Gasteiger charge is -2.22. The van der Waals surface area contributed by atoms with E-state index >= 15 is 0 Å². The van der Waals surface area contributed by atoms with Crippen molar-refractivity contribution in [3.8, 4) is 0 Å². The zero-order valence-electron chi connectivity index (χ0n) is 14.3. The molecule has 2 aromatic heterocycles. The van der Waals surface area contributed by atoms with E-state index in [-0.39, 0.29) is 6.61 Å². The van der Waals surface area contributed by atoms with E-state index in [4.69, 9.17) is 4.98 Å². The minimum absolute atomic E-state index is 0.0747. The molecular weight excluding hydrogens is 318 g/mol.